The Labute approximate surface area is 261 Å². The molecule has 226 valence electrons. The summed E-state index contributed by atoms with van der Waals surface area (Å²) in [5, 5.41) is 26.9. The molecule has 10 heteroatoms. The summed E-state index contributed by atoms with van der Waals surface area (Å²) >= 11 is 6.56. The number of carbonyl (C=O) groups is 1. The van der Waals surface area contributed by atoms with Crippen LogP contribution in [0.3, 0.4) is 0 Å². The van der Waals surface area contributed by atoms with Gasteiger partial charge in [0.25, 0.3) is 0 Å². The first-order chi connectivity index (χ1) is 21.4. The molecular formula is C34H34ClN5O4. The molecule has 3 aromatic carbocycles. The molecule has 1 amide bonds. The molecule has 0 saturated carbocycles. The zero-order valence-corrected chi connectivity index (χ0v) is 25.2. The van der Waals surface area contributed by atoms with Crippen molar-refractivity contribution in [2.75, 3.05) is 36.9 Å². The lowest BCUT2D eigenvalue weighted by Gasteiger charge is -2.28. The van der Waals surface area contributed by atoms with Gasteiger partial charge in [-0.25, -0.2) is 0 Å². The Morgan fingerprint density at radius 3 is 2.66 bits per heavy atom. The fourth-order valence-corrected chi connectivity index (χ4v) is 5.21. The van der Waals surface area contributed by atoms with Gasteiger partial charge in [0.05, 0.1) is 40.2 Å². The normalized spacial score (nSPS) is 14.0. The molecule has 0 aliphatic carbocycles. The number of aromatic nitrogens is 1. The van der Waals surface area contributed by atoms with Gasteiger partial charge in [0.1, 0.15) is 24.2 Å². The van der Waals surface area contributed by atoms with Crippen LogP contribution in [0, 0.1) is 11.3 Å². The second-order valence-corrected chi connectivity index (χ2v) is 10.8. The lowest BCUT2D eigenvalue weighted by atomic mass is 10.1. The van der Waals surface area contributed by atoms with Crippen LogP contribution >= 0.6 is 11.6 Å². The number of aliphatic hydroxyl groups is 1. The van der Waals surface area contributed by atoms with E-state index in [9.17, 15) is 15.2 Å². The van der Waals surface area contributed by atoms with Crippen molar-refractivity contribution in [3.8, 4) is 17.6 Å². The number of pyridine rings is 1. The number of benzene rings is 3. The van der Waals surface area contributed by atoms with Crippen LogP contribution in [0.2, 0.25) is 5.02 Å². The van der Waals surface area contributed by atoms with Gasteiger partial charge >= 0.3 is 0 Å². The van der Waals surface area contributed by atoms with Crippen molar-refractivity contribution in [3.05, 3.63) is 95.2 Å². The number of fused-ring (bicyclic) bond motifs is 1. The molecule has 1 saturated heterocycles. The first-order valence-corrected chi connectivity index (χ1v) is 14.9. The maximum atomic E-state index is 12.9. The zero-order chi connectivity index (χ0) is 30.9. The van der Waals surface area contributed by atoms with Crippen molar-refractivity contribution in [1.29, 1.82) is 5.26 Å². The second-order valence-electron chi connectivity index (χ2n) is 10.4. The van der Waals surface area contributed by atoms with E-state index in [1.165, 1.54) is 12.3 Å². The number of hydrogen-bond acceptors (Lipinski definition) is 8. The van der Waals surface area contributed by atoms with Gasteiger partial charge in [-0.2, -0.15) is 5.26 Å². The molecule has 0 radical (unpaired) electrons. The highest BCUT2D eigenvalue weighted by Gasteiger charge is 2.17. The fourth-order valence-electron chi connectivity index (χ4n) is 4.97. The topological polar surface area (TPSA) is 120 Å². The van der Waals surface area contributed by atoms with E-state index in [-0.39, 0.29) is 12.0 Å². The average molecular weight is 612 g/mol. The van der Waals surface area contributed by atoms with Crippen molar-refractivity contribution >= 4 is 45.5 Å². The number of nitrogens with one attached hydrogen (secondary N) is 2. The average Bonchev–Trinajstić information content (AvgIpc) is 3.03. The number of likely N-dealkylation sites (tertiary alicyclic amines) is 1. The van der Waals surface area contributed by atoms with Crippen molar-refractivity contribution in [2.45, 2.75) is 32.5 Å². The predicted octanol–water partition coefficient (Wildman–Crippen LogP) is 6.43. The summed E-state index contributed by atoms with van der Waals surface area (Å²) in [5.74, 6) is 0.704. The van der Waals surface area contributed by atoms with E-state index in [2.05, 4.69) is 26.6 Å². The number of rotatable bonds is 11. The number of ether oxygens (including phenoxy) is 2. The number of carbonyl (C=O) groups excluding carboxylic acids is 1. The Morgan fingerprint density at radius 1 is 1.14 bits per heavy atom. The summed E-state index contributed by atoms with van der Waals surface area (Å²) in [4.78, 5) is 19.6. The minimum Gasteiger partial charge on any atom is -0.492 e. The Kier molecular flexibility index (Phi) is 10.3. The molecule has 1 aliphatic heterocycles. The lowest BCUT2D eigenvalue weighted by molar-refractivity contribution is -0.111. The van der Waals surface area contributed by atoms with Gasteiger partial charge in [-0.1, -0.05) is 48.0 Å². The maximum absolute atomic E-state index is 12.9. The highest BCUT2D eigenvalue weighted by molar-refractivity contribution is 6.32. The second kappa shape index (κ2) is 14.7. The number of halogens is 1. The zero-order valence-electron chi connectivity index (χ0n) is 24.4. The predicted molar refractivity (Wildman–Crippen MR) is 173 cm³/mol. The molecule has 44 heavy (non-hydrogen) atoms. The van der Waals surface area contributed by atoms with Gasteiger partial charge in [-0.3, -0.25) is 14.7 Å². The Morgan fingerprint density at radius 2 is 1.93 bits per heavy atom. The highest BCUT2D eigenvalue weighted by Crippen LogP contribution is 2.37. The van der Waals surface area contributed by atoms with E-state index in [0.717, 1.165) is 31.5 Å². The fraction of sp³-hybridized carbons (Fsp3) is 0.265. The van der Waals surface area contributed by atoms with Gasteiger partial charge in [-0.15, -0.1) is 0 Å². The van der Waals surface area contributed by atoms with E-state index in [1.807, 2.05) is 49.4 Å². The van der Waals surface area contributed by atoms with Crippen LogP contribution in [0.1, 0.15) is 30.9 Å². The van der Waals surface area contributed by atoms with Crippen molar-refractivity contribution in [1.82, 2.24) is 9.88 Å². The van der Waals surface area contributed by atoms with Crippen molar-refractivity contribution in [2.24, 2.45) is 0 Å². The van der Waals surface area contributed by atoms with Gasteiger partial charge in [0.15, 0.2) is 0 Å². The number of nitriles is 1. The molecule has 1 aliphatic rings. The number of piperidine rings is 1. The van der Waals surface area contributed by atoms with Crippen LogP contribution in [0.15, 0.2) is 79.0 Å². The van der Waals surface area contributed by atoms with Gasteiger partial charge in [-0.05, 0) is 49.6 Å². The van der Waals surface area contributed by atoms with Gasteiger partial charge in [0, 0.05) is 49.0 Å². The molecule has 0 spiro atoms. The quantitative estimate of drug-likeness (QED) is 0.166. The van der Waals surface area contributed by atoms with Crippen molar-refractivity contribution < 1.29 is 19.4 Å². The third-order valence-corrected chi connectivity index (χ3v) is 7.57. The summed E-state index contributed by atoms with van der Waals surface area (Å²) in [7, 11) is 0. The van der Waals surface area contributed by atoms with E-state index >= 15 is 0 Å². The van der Waals surface area contributed by atoms with Crippen LogP contribution < -0.4 is 20.1 Å². The molecule has 9 nitrogen and oxygen atoms in total. The lowest BCUT2D eigenvalue weighted by Crippen LogP contribution is -2.35. The molecular weight excluding hydrogens is 578 g/mol. The van der Waals surface area contributed by atoms with E-state index < -0.39 is 0 Å². The number of aliphatic hydroxyl groups excluding tert-OH is 1. The summed E-state index contributed by atoms with van der Waals surface area (Å²) in [6.45, 7) is 4.86. The summed E-state index contributed by atoms with van der Waals surface area (Å²) in [6, 6.07) is 20.9. The van der Waals surface area contributed by atoms with Crippen molar-refractivity contribution in [3.63, 3.8) is 0 Å². The summed E-state index contributed by atoms with van der Waals surface area (Å²) in [6.07, 6.45) is 6.05. The molecule has 0 bridgehead atoms. The highest BCUT2D eigenvalue weighted by atomic mass is 35.5. The van der Waals surface area contributed by atoms with E-state index in [4.69, 9.17) is 21.1 Å². The molecule has 1 aromatic heterocycles. The number of anilines is 3. The molecule has 4 aromatic rings. The van der Waals surface area contributed by atoms with Gasteiger partial charge < -0.3 is 25.2 Å². The smallest absolute Gasteiger partial charge is 0.248 e. The number of nitrogens with zero attached hydrogens (tertiary/aromatic N) is 3. The van der Waals surface area contributed by atoms with Crippen LogP contribution in [-0.2, 0) is 11.4 Å². The SMILES string of the molecule is CCOc1cc2ncc(C#N)c(Nc3ccc(OCc4ccccc4)c(Cl)c3)c2cc1NC(=O)C=CCN1CCC(O)CC1. The Balaban J connectivity index is 1.37. The maximum Gasteiger partial charge on any atom is 0.248 e. The molecule has 0 atom stereocenters. The summed E-state index contributed by atoms with van der Waals surface area (Å²) in [5.41, 5.74) is 3.57. The molecule has 1 fully saturated rings. The van der Waals surface area contributed by atoms with E-state index in [0.29, 0.717) is 69.8 Å². The first-order valence-electron chi connectivity index (χ1n) is 14.5. The van der Waals surface area contributed by atoms with Crippen LogP contribution in [0.5, 0.6) is 11.5 Å². The molecule has 2 heterocycles. The first kappa shape index (κ1) is 30.8. The summed E-state index contributed by atoms with van der Waals surface area (Å²) < 4.78 is 11.7. The van der Waals surface area contributed by atoms with Crippen LogP contribution in [0.25, 0.3) is 10.9 Å². The Hall–Kier alpha value is -4.62. The number of hydrogen-bond donors (Lipinski definition) is 3. The molecule has 5 rings (SSSR count). The minimum atomic E-state index is -0.306. The standard InChI is InChI=1S/C34H34ClN5O4/c1-2-43-32-19-29-27(18-30(32)39-33(42)9-6-14-40-15-12-26(41)13-16-40)34(24(20-36)21-37-29)38-25-10-11-31(28(35)17-25)44-22-23-7-4-3-5-8-23/h3-11,17-19,21,26,41H,2,12-16,22H2,1H3,(H,37,38)(H,39,42). The molecule has 3 N–H and O–H groups in total. The van der Waals surface area contributed by atoms with Gasteiger partial charge in [0.2, 0.25) is 5.91 Å². The largest absolute Gasteiger partial charge is 0.492 e. The third-order valence-electron chi connectivity index (χ3n) is 7.28. The third kappa shape index (κ3) is 7.85. The monoisotopic (exact) mass is 611 g/mol. The van der Waals surface area contributed by atoms with E-state index in [1.54, 1.807) is 24.3 Å². The molecule has 0 unspecified atom stereocenters. The minimum absolute atomic E-state index is 0.242. The van der Waals surface area contributed by atoms with Crippen LogP contribution in [-0.4, -0.2) is 53.2 Å². The number of amides is 1. The Bertz CT molecular complexity index is 1680. The van der Waals surface area contributed by atoms with Crippen LogP contribution in [0.4, 0.5) is 17.1 Å².